The van der Waals surface area contributed by atoms with Crippen LogP contribution in [0.25, 0.3) is 0 Å². The predicted octanol–water partition coefficient (Wildman–Crippen LogP) is 3.33. The standard InChI is InChI=1S/C16H24O2/c1-18-15-9-12-16(17,13-10-15)11-5-8-14-6-3-2-4-7-14/h2-4,6-7,15,17H,5,8-13H2,1H3. The summed E-state index contributed by atoms with van der Waals surface area (Å²) < 4.78 is 5.35. The Morgan fingerprint density at radius 3 is 2.50 bits per heavy atom. The van der Waals surface area contributed by atoms with Gasteiger partial charge in [0.1, 0.15) is 0 Å². The lowest BCUT2D eigenvalue weighted by molar-refractivity contribution is -0.0490. The van der Waals surface area contributed by atoms with Crippen LogP contribution >= 0.6 is 0 Å². The summed E-state index contributed by atoms with van der Waals surface area (Å²) >= 11 is 0. The molecule has 18 heavy (non-hydrogen) atoms. The molecule has 1 aliphatic rings. The Labute approximate surface area is 110 Å². The van der Waals surface area contributed by atoms with Crippen LogP contribution in [0.2, 0.25) is 0 Å². The SMILES string of the molecule is COC1CCC(O)(CCCc2ccccc2)CC1. The van der Waals surface area contributed by atoms with E-state index in [1.54, 1.807) is 7.11 Å². The summed E-state index contributed by atoms with van der Waals surface area (Å²) in [5.41, 5.74) is 0.927. The van der Waals surface area contributed by atoms with Crippen molar-refractivity contribution in [1.29, 1.82) is 0 Å². The summed E-state index contributed by atoms with van der Waals surface area (Å²) in [4.78, 5) is 0. The Kier molecular flexibility index (Phi) is 4.79. The number of hydrogen-bond acceptors (Lipinski definition) is 2. The Morgan fingerprint density at radius 1 is 1.22 bits per heavy atom. The van der Waals surface area contributed by atoms with Crippen molar-refractivity contribution in [3.63, 3.8) is 0 Å². The van der Waals surface area contributed by atoms with Gasteiger partial charge in [0.2, 0.25) is 0 Å². The molecule has 2 heteroatoms. The van der Waals surface area contributed by atoms with Gasteiger partial charge in [-0.3, -0.25) is 0 Å². The van der Waals surface area contributed by atoms with Crippen molar-refractivity contribution in [2.75, 3.05) is 7.11 Å². The van der Waals surface area contributed by atoms with Gasteiger partial charge in [-0.15, -0.1) is 0 Å². The number of ether oxygens (including phenoxy) is 1. The molecule has 1 aromatic rings. The van der Waals surface area contributed by atoms with Crippen molar-refractivity contribution in [2.45, 2.75) is 56.7 Å². The molecule has 0 aliphatic heterocycles. The third-order valence-electron chi connectivity index (χ3n) is 4.15. The van der Waals surface area contributed by atoms with Crippen LogP contribution in [0.1, 0.15) is 44.1 Å². The van der Waals surface area contributed by atoms with Gasteiger partial charge >= 0.3 is 0 Å². The van der Waals surface area contributed by atoms with E-state index in [1.807, 2.05) is 6.07 Å². The van der Waals surface area contributed by atoms with E-state index in [1.165, 1.54) is 5.56 Å². The lowest BCUT2D eigenvalue weighted by atomic mass is 9.80. The first-order chi connectivity index (χ1) is 8.72. The van der Waals surface area contributed by atoms with Gasteiger partial charge in [-0.05, 0) is 50.5 Å². The molecule has 1 N–H and O–H groups in total. The number of methoxy groups -OCH3 is 1. The number of aryl methyl sites for hydroxylation is 1. The Morgan fingerprint density at radius 2 is 1.89 bits per heavy atom. The average Bonchev–Trinajstić information content (AvgIpc) is 2.41. The van der Waals surface area contributed by atoms with Gasteiger partial charge in [-0.1, -0.05) is 30.3 Å². The number of hydrogen-bond donors (Lipinski definition) is 1. The first-order valence-electron chi connectivity index (χ1n) is 7.01. The number of aliphatic hydroxyl groups is 1. The summed E-state index contributed by atoms with van der Waals surface area (Å²) in [6.07, 6.45) is 7.18. The molecule has 2 nitrogen and oxygen atoms in total. The molecule has 0 atom stereocenters. The van der Waals surface area contributed by atoms with Crippen LogP contribution < -0.4 is 0 Å². The van der Waals surface area contributed by atoms with Crippen molar-refractivity contribution in [3.8, 4) is 0 Å². The second-order valence-electron chi connectivity index (χ2n) is 5.50. The van der Waals surface area contributed by atoms with E-state index >= 15 is 0 Å². The molecular weight excluding hydrogens is 224 g/mol. The molecule has 0 amide bonds. The summed E-state index contributed by atoms with van der Waals surface area (Å²) in [6, 6.07) is 10.5. The van der Waals surface area contributed by atoms with Crippen LogP contribution in [0.15, 0.2) is 30.3 Å². The molecule has 0 heterocycles. The second-order valence-corrected chi connectivity index (χ2v) is 5.50. The van der Waals surface area contributed by atoms with Gasteiger partial charge in [0.25, 0.3) is 0 Å². The van der Waals surface area contributed by atoms with Gasteiger partial charge in [0.15, 0.2) is 0 Å². The molecule has 1 aromatic carbocycles. The third-order valence-corrected chi connectivity index (χ3v) is 4.15. The van der Waals surface area contributed by atoms with Crippen LogP contribution in [0, 0.1) is 0 Å². The van der Waals surface area contributed by atoms with Crippen LogP contribution in [0.4, 0.5) is 0 Å². The van der Waals surface area contributed by atoms with Crippen LogP contribution in [0.5, 0.6) is 0 Å². The smallest absolute Gasteiger partial charge is 0.0649 e. The molecule has 0 saturated heterocycles. The Balaban J connectivity index is 1.73. The maximum absolute atomic E-state index is 10.5. The molecule has 100 valence electrons. The minimum absolute atomic E-state index is 0.361. The van der Waals surface area contributed by atoms with Crippen molar-refractivity contribution >= 4 is 0 Å². The maximum Gasteiger partial charge on any atom is 0.0649 e. The quantitative estimate of drug-likeness (QED) is 0.866. The highest BCUT2D eigenvalue weighted by Crippen LogP contribution is 2.33. The summed E-state index contributed by atoms with van der Waals surface area (Å²) in [5.74, 6) is 0. The molecule has 0 unspecified atom stereocenters. The lowest BCUT2D eigenvalue weighted by Gasteiger charge is -2.35. The number of rotatable bonds is 5. The molecule has 0 aromatic heterocycles. The fourth-order valence-corrected chi connectivity index (χ4v) is 2.88. The van der Waals surface area contributed by atoms with Crippen LogP contribution in [0.3, 0.4) is 0 Å². The van der Waals surface area contributed by atoms with E-state index in [0.717, 1.165) is 44.9 Å². The first-order valence-corrected chi connectivity index (χ1v) is 7.01. The van der Waals surface area contributed by atoms with Crippen molar-refractivity contribution < 1.29 is 9.84 Å². The summed E-state index contributed by atoms with van der Waals surface area (Å²) in [5, 5.41) is 10.5. The van der Waals surface area contributed by atoms with Crippen LogP contribution in [-0.4, -0.2) is 23.9 Å². The summed E-state index contributed by atoms with van der Waals surface area (Å²) in [7, 11) is 1.77. The monoisotopic (exact) mass is 248 g/mol. The fraction of sp³-hybridized carbons (Fsp3) is 0.625. The lowest BCUT2D eigenvalue weighted by Crippen LogP contribution is -2.36. The minimum Gasteiger partial charge on any atom is -0.390 e. The molecule has 1 aliphatic carbocycles. The molecular formula is C16H24O2. The zero-order valence-electron chi connectivity index (χ0n) is 11.3. The molecule has 0 spiro atoms. The van der Waals surface area contributed by atoms with Crippen LogP contribution in [-0.2, 0) is 11.2 Å². The van der Waals surface area contributed by atoms with Crippen molar-refractivity contribution in [3.05, 3.63) is 35.9 Å². The highest BCUT2D eigenvalue weighted by Gasteiger charge is 2.32. The molecule has 0 radical (unpaired) electrons. The minimum atomic E-state index is -0.441. The van der Waals surface area contributed by atoms with Crippen molar-refractivity contribution in [1.82, 2.24) is 0 Å². The van der Waals surface area contributed by atoms with E-state index in [9.17, 15) is 5.11 Å². The van der Waals surface area contributed by atoms with E-state index < -0.39 is 5.60 Å². The largest absolute Gasteiger partial charge is 0.390 e. The molecule has 1 saturated carbocycles. The zero-order valence-corrected chi connectivity index (χ0v) is 11.3. The average molecular weight is 248 g/mol. The van der Waals surface area contributed by atoms with E-state index in [2.05, 4.69) is 24.3 Å². The predicted molar refractivity (Wildman–Crippen MR) is 73.6 cm³/mol. The molecule has 1 fully saturated rings. The highest BCUT2D eigenvalue weighted by atomic mass is 16.5. The summed E-state index contributed by atoms with van der Waals surface area (Å²) in [6.45, 7) is 0. The van der Waals surface area contributed by atoms with E-state index in [4.69, 9.17) is 4.74 Å². The van der Waals surface area contributed by atoms with Gasteiger partial charge in [0.05, 0.1) is 11.7 Å². The van der Waals surface area contributed by atoms with Gasteiger partial charge < -0.3 is 9.84 Å². The van der Waals surface area contributed by atoms with E-state index in [-0.39, 0.29) is 0 Å². The van der Waals surface area contributed by atoms with Gasteiger partial charge in [-0.25, -0.2) is 0 Å². The Bertz CT molecular complexity index is 339. The fourth-order valence-electron chi connectivity index (χ4n) is 2.88. The number of benzene rings is 1. The van der Waals surface area contributed by atoms with Crippen molar-refractivity contribution in [2.24, 2.45) is 0 Å². The Hall–Kier alpha value is -0.860. The maximum atomic E-state index is 10.5. The normalized spacial score (nSPS) is 28.2. The van der Waals surface area contributed by atoms with Gasteiger partial charge in [-0.2, -0.15) is 0 Å². The second kappa shape index (κ2) is 6.35. The zero-order chi connectivity index (χ0) is 12.8. The topological polar surface area (TPSA) is 29.5 Å². The third kappa shape index (κ3) is 3.82. The first kappa shape index (κ1) is 13.6. The molecule has 2 rings (SSSR count). The molecule has 0 bridgehead atoms. The van der Waals surface area contributed by atoms with Gasteiger partial charge in [0, 0.05) is 7.11 Å². The van der Waals surface area contributed by atoms with E-state index in [0.29, 0.717) is 6.10 Å². The highest BCUT2D eigenvalue weighted by molar-refractivity contribution is 5.14.